The number of phosphoric acid groups is 1. The summed E-state index contributed by atoms with van der Waals surface area (Å²) in [6, 6.07) is -1.47. The molecule has 0 fully saturated rings. The number of esters is 1. The first-order valence-electron chi connectivity index (χ1n) is 23.7. The molecule has 0 radical (unpaired) electrons. The average Bonchev–Trinajstić information content (AvgIpc) is 3.19. The second-order valence-electron chi connectivity index (χ2n) is 16.2. The summed E-state index contributed by atoms with van der Waals surface area (Å²) in [5.74, 6) is -1.78. The number of ether oxygens (including phenoxy) is 2. The Morgan fingerprint density at radius 1 is 0.544 bits per heavy atom. The molecule has 11 heteroatoms. The van der Waals surface area contributed by atoms with Crippen LogP contribution in [0.25, 0.3) is 0 Å². The predicted octanol–water partition coefficient (Wildman–Crippen LogP) is 13.3. The van der Waals surface area contributed by atoms with Crippen LogP contribution in [0.2, 0.25) is 0 Å². The molecule has 0 aliphatic rings. The molecule has 0 bridgehead atoms. The van der Waals surface area contributed by atoms with Gasteiger partial charge in [-0.05, 0) is 38.5 Å². The van der Waals surface area contributed by atoms with Crippen LogP contribution in [0, 0.1) is 0 Å². The average molecular weight is 832 g/mol. The van der Waals surface area contributed by atoms with Crippen LogP contribution in [0.1, 0.15) is 232 Å². The van der Waals surface area contributed by atoms with Gasteiger partial charge in [0.15, 0.2) is 0 Å². The minimum atomic E-state index is -4.61. The highest BCUT2D eigenvalue weighted by molar-refractivity contribution is 7.47. The number of rotatable bonds is 46. The first-order valence-corrected chi connectivity index (χ1v) is 25.2. The topological polar surface area (TPSA) is 155 Å². The molecule has 3 atom stereocenters. The molecule has 57 heavy (non-hydrogen) atoms. The van der Waals surface area contributed by atoms with E-state index in [0.29, 0.717) is 13.0 Å². The van der Waals surface area contributed by atoms with Crippen LogP contribution in [0.5, 0.6) is 0 Å². The van der Waals surface area contributed by atoms with Gasteiger partial charge in [0.05, 0.1) is 19.8 Å². The van der Waals surface area contributed by atoms with E-state index in [4.69, 9.17) is 29.4 Å². The first kappa shape index (κ1) is 55.7. The zero-order valence-electron chi connectivity index (χ0n) is 37.0. The standard InChI is InChI=1S/C46H90NO9P/c1-3-5-7-9-11-13-15-17-18-19-20-21-22-23-24-25-27-29-31-33-35-37-39-53-40-43(41-54-57(51,52)55-42-44(47)46(49)50)56-45(48)38-36-34-32-30-28-26-16-14-12-10-8-6-4-2/h14,16,43-44H,3-13,15,17-42,47H2,1-2H3,(H,49,50)(H,51,52)/b16-14-. The molecule has 0 rings (SSSR count). The lowest BCUT2D eigenvalue weighted by molar-refractivity contribution is -0.154. The minimum Gasteiger partial charge on any atom is -0.480 e. The Kier molecular flexibility index (Phi) is 41.9. The van der Waals surface area contributed by atoms with Crippen molar-refractivity contribution in [3.8, 4) is 0 Å². The number of carboxylic acids is 1. The number of unbranched alkanes of at least 4 members (excludes halogenated alkanes) is 30. The summed E-state index contributed by atoms with van der Waals surface area (Å²) in [6.45, 7) is 3.90. The highest BCUT2D eigenvalue weighted by Crippen LogP contribution is 2.43. The molecule has 0 aromatic carbocycles. The Labute approximate surface area is 350 Å². The zero-order valence-corrected chi connectivity index (χ0v) is 37.9. The van der Waals surface area contributed by atoms with Gasteiger partial charge in [0.1, 0.15) is 12.1 Å². The van der Waals surface area contributed by atoms with Gasteiger partial charge in [-0.1, -0.05) is 199 Å². The number of hydrogen-bond donors (Lipinski definition) is 3. The fraction of sp³-hybridized carbons (Fsp3) is 0.913. The SMILES string of the molecule is CCCCCC/C=C\CCCCCCCC(=O)OC(COCCCCCCCCCCCCCCCCCCCCCCCC)COP(=O)(O)OCC(N)C(=O)O. The Bertz CT molecular complexity index is 966. The van der Waals surface area contributed by atoms with Gasteiger partial charge in [0, 0.05) is 13.0 Å². The van der Waals surface area contributed by atoms with Crippen molar-refractivity contribution in [2.45, 2.75) is 244 Å². The monoisotopic (exact) mass is 832 g/mol. The quantitative estimate of drug-likeness (QED) is 0.0234. The van der Waals surface area contributed by atoms with E-state index in [1.54, 1.807) is 0 Å². The Morgan fingerprint density at radius 2 is 0.912 bits per heavy atom. The van der Waals surface area contributed by atoms with Crippen LogP contribution in [-0.2, 0) is 32.7 Å². The van der Waals surface area contributed by atoms with Crippen LogP contribution < -0.4 is 5.73 Å². The third-order valence-electron chi connectivity index (χ3n) is 10.5. The van der Waals surface area contributed by atoms with Crippen molar-refractivity contribution in [2.75, 3.05) is 26.4 Å². The molecule has 10 nitrogen and oxygen atoms in total. The van der Waals surface area contributed by atoms with Crippen LogP contribution in [-0.4, -0.2) is 60.5 Å². The number of aliphatic carboxylic acids is 1. The second-order valence-corrected chi connectivity index (χ2v) is 17.7. The van der Waals surface area contributed by atoms with Crippen LogP contribution in [0.3, 0.4) is 0 Å². The molecule has 3 unspecified atom stereocenters. The third kappa shape index (κ3) is 42.6. The van der Waals surface area contributed by atoms with Crippen molar-refractivity contribution < 1.29 is 42.7 Å². The lowest BCUT2D eigenvalue weighted by Crippen LogP contribution is -2.34. The van der Waals surface area contributed by atoms with Gasteiger partial charge in [-0.2, -0.15) is 0 Å². The maximum atomic E-state index is 12.6. The molecule has 0 amide bonds. The van der Waals surface area contributed by atoms with E-state index in [9.17, 15) is 19.0 Å². The van der Waals surface area contributed by atoms with E-state index < -0.39 is 45.1 Å². The van der Waals surface area contributed by atoms with Gasteiger partial charge >= 0.3 is 19.8 Å². The number of hydrogen-bond acceptors (Lipinski definition) is 8. The van der Waals surface area contributed by atoms with E-state index in [2.05, 4.69) is 26.0 Å². The number of carbonyl (C=O) groups is 2. The number of phosphoric ester groups is 1. The third-order valence-corrected chi connectivity index (χ3v) is 11.5. The van der Waals surface area contributed by atoms with E-state index in [0.717, 1.165) is 51.4 Å². The summed E-state index contributed by atoms with van der Waals surface area (Å²) in [7, 11) is -4.61. The Morgan fingerprint density at radius 3 is 1.35 bits per heavy atom. The van der Waals surface area contributed by atoms with E-state index in [-0.39, 0.29) is 13.0 Å². The van der Waals surface area contributed by atoms with Crippen molar-refractivity contribution in [1.29, 1.82) is 0 Å². The summed E-state index contributed by atoms with van der Waals surface area (Å²) >= 11 is 0. The van der Waals surface area contributed by atoms with E-state index in [1.165, 1.54) is 154 Å². The molecule has 4 N–H and O–H groups in total. The minimum absolute atomic E-state index is 0.0196. The van der Waals surface area contributed by atoms with E-state index in [1.807, 2.05) is 0 Å². The summed E-state index contributed by atoms with van der Waals surface area (Å²) in [5, 5.41) is 8.90. The van der Waals surface area contributed by atoms with Crippen LogP contribution in [0.4, 0.5) is 0 Å². The molecule has 0 aliphatic heterocycles. The number of carboxylic acid groups (broad SMARTS) is 1. The van der Waals surface area contributed by atoms with E-state index >= 15 is 0 Å². The molecule has 0 aromatic rings. The van der Waals surface area contributed by atoms with Gasteiger partial charge in [-0.3, -0.25) is 18.6 Å². The molecule has 0 heterocycles. The summed E-state index contributed by atoms with van der Waals surface area (Å²) in [5.41, 5.74) is 5.36. The van der Waals surface area contributed by atoms with Crippen molar-refractivity contribution in [3.05, 3.63) is 12.2 Å². The predicted molar refractivity (Wildman–Crippen MR) is 236 cm³/mol. The van der Waals surface area contributed by atoms with Gasteiger partial charge in [0.25, 0.3) is 0 Å². The summed E-state index contributed by atoms with van der Waals surface area (Å²) in [4.78, 5) is 33.5. The Balaban J connectivity index is 4.09. The molecule has 338 valence electrons. The summed E-state index contributed by atoms with van der Waals surface area (Å²) < 4.78 is 33.4. The Hall–Kier alpha value is -1.29. The lowest BCUT2D eigenvalue weighted by atomic mass is 10.0. The van der Waals surface area contributed by atoms with Gasteiger partial charge in [0.2, 0.25) is 0 Å². The highest BCUT2D eigenvalue weighted by Gasteiger charge is 2.27. The largest absolute Gasteiger partial charge is 0.480 e. The smallest absolute Gasteiger partial charge is 0.472 e. The summed E-state index contributed by atoms with van der Waals surface area (Å²) in [6.07, 6.45) is 45.6. The molecule has 0 saturated heterocycles. The number of allylic oxidation sites excluding steroid dienone is 2. The molecule has 0 saturated carbocycles. The molecule has 0 aliphatic carbocycles. The van der Waals surface area contributed by atoms with Crippen molar-refractivity contribution >= 4 is 19.8 Å². The van der Waals surface area contributed by atoms with Crippen LogP contribution >= 0.6 is 7.82 Å². The number of nitrogens with two attached hydrogens (primary N) is 1. The fourth-order valence-corrected chi connectivity index (χ4v) is 7.61. The molecule has 0 aromatic heterocycles. The zero-order chi connectivity index (χ0) is 41.9. The van der Waals surface area contributed by atoms with Crippen molar-refractivity contribution in [1.82, 2.24) is 0 Å². The highest BCUT2D eigenvalue weighted by atomic mass is 31.2. The van der Waals surface area contributed by atoms with Crippen molar-refractivity contribution in [3.63, 3.8) is 0 Å². The van der Waals surface area contributed by atoms with Gasteiger partial charge in [-0.15, -0.1) is 0 Å². The fourth-order valence-electron chi connectivity index (χ4n) is 6.84. The van der Waals surface area contributed by atoms with Gasteiger partial charge < -0.3 is 25.2 Å². The number of carbonyl (C=O) groups excluding carboxylic acids is 1. The lowest BCUT2D eigenvalue weighted by Gasteiger charge is -2.20. The second kappa shape index (κ2) is 42.8. The first-order chi connectivity index (χ1) is 27.7. The maximum absolute atomic E-state index is 12.6. The molecule has 0 spiro atoms. The van der Waals surface area contributed by atoms with Crippen LogP contribution in [0.15, 0.2) is 12.2 Å². The maximum Gasteiger partial charge on any atom is 0.472 e. The van der Waals surface area contributed by atoms with Crippen molar-refractivity contribution in [2.24, 2.45) is 5.73 Å². The molecular formula is C46H90NO9P. The normalized spacial score (nSPS) is 13.9. The molecular weight excluding hydrogens is 741 g/mol. The van der Waals surface area contributed by atoms with Gasteiger partial charge in [-0.25, -0.2) is 4.57 Å².